The lowest BCUT2D eigenvalue weighted by Gasteiger charge is -2.27. The van der Waals surface area contributed by atoms with Crippen molar-refractivity contribution in [2.45, 2.75) is 31.9 Å². The summed E-state index contributed by atoms with van der Waals surface area (Å²) in [4.78, 5) is 8.01. The number of aliphatic imine (C=N–C) groups is 1. The minimum Gasteiger partial charge on any atom is -0.381 e. The highest BCUT2D eigenvalue weighted by Gasteiger charge is 2.14. The van der Waals surface area contributed by atoms with E-state index in [-0.39, 0.29) is 11.7 Å². The summed E-state index contributed by atoms with van der Waals surface area (Å²) in [7, 11) is 0. The van der Waals surface area contributed by atoms with Gasteiger partial charge in [0, 0.05) is 29.5 Å². The minimum atomic E-state index is -0.148. The number of thiophene rings is 1. The van der Waals surface area contributed by atoms with Gasteiger partial charge in [0.05, 0.1) is 11.5 Å². The molecule has 1 aromatic rings. The highest BCUT2D eigenvalue weighted by molar-refractivity contribution is 7.98. The number of piperidine rings is 1. The van der Waals surface area contributed by atoms with Crippen molar-refractivity contribution in [1.29, 1.82) is 5.41 Å². The summed E-state index contributed by atoms with van der Waals surface area (Å²) < 4.78 is 0. The molecule has 0 amide bonds. The van der Waals surface area contributed by atoms with Crippen molar-refractivity contribution in [3.05, 3.63) is 16.5 Å². The minimum absolute atomic E-state index is 0.139. The molecule has 5 nitrogen and oxygen atoms in total. The van der Waals surface area contributed by atoms with Gasteiger partial charge in [0.1, 0.15) is 0 Å². The molecular weight excluding hydrogens is 314 g/mol. The van der Waals surface area contributed by atoms with Crippen LogP contribution < -0.4 is 16.4 Å². The second-order valence-corrected chi connectivity index (χ2v) is 7.79. The Morgan fingerprint density at radius 3 is 2.77 bits per heavy atom. The third-order valence-electron chi connectivity index (χ3n) is 3.73. The van der Waals surface area contributed by atoms with Crippen molar-refractivity contribution < 1.29 is 0 Å². The Balaban J connectivity index is 1.79. The lowest BCUT2D eigenvalue weighted by atomic mass is 10.1. The first-order valence-electron chi connectivity index (χ1n) is 7.64. The molecule has 0 saturated carbocycles. The van der Waals surface area contributed by atoms with Crippen molar-refractivity contribution in [3.8, 4) is 0 Å². The Kier molecular flexibility index (Phi) is 6.57. The quantitative estimate of drug-likeness (QED) is 0.422. The van der Waals surface area contributed by atoms with Crippen LogP contribution in [0.3, 0.4) is 0 Å². The number of nitrogens with zero attached hydrogens (tertiary/aromatic N) is 2. The molecule has 2 rings (SSSR count). The van der Waals surface area contributed by atoms with E-state index in [2.05, 4.69) is 22.9 Å². The molecule has 0 bridgehead atoms. The lowest BCUT2D eigenvalue weighted by molar-refractivity contribution is 0.580. The Labute approximate surface area is 140 Å². The zero-order valence-electron chi connectivity index (χ0n) is 13.1. The van der Waals surface area contributed by atoms with Gasteiger partial charge >= 0.3 is 0 Å². The molecule has 22 heavy (non-hydrogen) atoms. The SMILES string of the molecule is Cc1sc(N2CCCCC2)cc1CSCCN=C(N)C(=N)N. The van der Waals surface area contributed by atoms with Gasteiger partial charge in [0.15, 0.2) is 11.7 Å². The average molecular weight is 340 g/mol. The fourth-order valence-corrected chi connectivity index (χ4v) is 4.48. The van der Waals surface area contributed by atoms with E-state index in [9.17, 15) is 0 Å². The first-order chi connectivity index (χ1) is 10.6. The molecule has 0 atom stereocenters. The van der Waals surface area contributed by atoms with Gasteiger partial charge in [-0.05, 0) is 37.8 Å². The third kappa shape index (κ3) is 4.91. The van der Waals surface area contributed by atoms with Crippen LogP contribution in [0.1, 0.15) is 29.7 Å². The molecule has 5 N–H and O–H groups in total. The average Bonchev–Trinajstić information content (AvgIpc) is 2.88. The van der Waals surface area contributed by atoms with Gasteiger partial charge in [-0.2, -0.15) is 11.8 Å². The molecule has 0 aliphatic carbocycles. The number of hydrogen-bond donors (Lipinski definition) is 3. The molecule has 0 spiro atoms. The normalized spacial score (nSPS) is 16.0. The summed E-state index contributed by atoms with van der Waals surface area (Å²) in [5.41, 5.74) is 12.2. The van der Waals surface area contributed by atoms with Gasteiger partial charge in [-0.25, -0.2) is 0 Å². The van der Waals surface area contributed by atoms with E-state index in [1.807, 2.05) is 23.1 Å². The molecule has 122 valence electrons. The number of anilines is 1. The standard InChI is InChI=1S/C15H25N5S2/c1-11-12(10-21-8-5-19-15(18)14(16)17)9-13(22-11)20-6-3-2-4-7-20/h9H,2-8,10H2,1H3,(H3,16,17)(H2,18,19). The van der Waals surface area contributed by atoms with Crippen LogP contribution in [-0.4, -0.2) is 37.1 Å². The van der Waals surface area contributed by atoms with Gasteiger partial charge in [-0.3, -0.25) is 10.4 Å². The summed E-state index contributed by atoms with van der Waals surface area (Å²) in [5.74, 6) is 1.89. The smallest absolute Gasteiger partial charge is 0.161 e. The topological polar surface area (TPSA) is 91.5 Å². The second kappa shape index (κ2) is 8.43. The number of amidine groups is 2. The molecule has 0 unspecified atom stereocenters. The summed E-state index contributed by atoms with van der Waals surface area (Å²) in [5, 5.41) is 8.58. The van der Waals surface area contributed by atoms with Crippen molar-refractivity contribution in [1.82, 2.24) is 0 Å². The molecular formula is C15H25N5S2. The highest BCUT2D eigenvalue weighted by Crippen LogP contribution is 2.33. The molecule has 2 heterocycles. The Morgan fingerprint density at radius 2 is 2.09 bits per heavy atom. The van der Waals surface area contributed by atoms with Gasteiger partial charge in [0.25, 0.3) is 0 Å². The van der Waals surface area contributed by atoms with Crippen LogP contribution in [0.2, 0.25) is 0 Å². The largest absolute Gasteiger partial charge is 0.381 e. The van der Waals surface area contributed by atoms with Crippen molar-refractivity contribution in [3.63, 3.8) is 0 Å². The number of nitrogens with two attached hydrogens (primary N) is 2. The van der Waals surface area contributed by atoms with E-state index in [0.29, 0.717) is 6.54 Å². The number of thioether (sulfide) groups is 1. The molecule has 1 saturated heterocycles. The number of aryl methyl sites for hydroxylation is 1. The maximum Gasteiger partial charge on any atom is 0.161 e. The summed E-state index contributed by atoms with van der Waals surface area (Å²) in [6.45, 7) is 5.22. The number of hydrogen-bond acceptors (Lipinski definition) is 5. The molecule has 0 aromatic carbocycles. The Bertz CT molecular complexity index is 532. The molecule has 7 heteroatoms. The molecule has 1 aliphatic heterocycles. The van der Waals surface area contributed by atoms with E-state index in [0.717, 1.165) is 11.5 Å². The highest BCUT2D eigenvalue weighted by atomic mass is 32.2. The van der Waals surface area contributed by atoms with Crippen LogP contribution in [0.25, 0.3) is 0 Å². The summed E-state index contributed by atoms with van der Waals surface area (Å²) in [6, 6.07) is 2.35. The number of rotatable bonds is 6. The first-order valence-corrected chi connectivity index (χ1v) is 9.61. The van der Waals surface area contributed by atoms with Crippen LogP contribution in [0, 0.1) is 12.3 Å². The molecule has 1 aliphatic rings. The predicted molar refractivity (Wildman–Crippen MR) is 99.7 cm³/mol. The lowest BCUT2D eigenvalue weighted by Crippen LogP contribution is -2.30. The Hall–Kier alpha value is -1.21. The van der Waals surface area contributed by atoms with Crippen molar-refractivity contribution >= 4 is 39.8 Å². The van der Waals surface area contributed by atoms with E-state index in [1.54, 1.807) is 0 Å². The molecule has 1 aromatic heterocycles. The third-order valence-corrected chi connectivity index (χ3v) is 5.87. The fraction of sp³-hybridized carbons (Fsp3) is 0.600. The Morgan fingerprint density at radius 1 is 1.36 bits per heavy atom. The maximum absolute atomic E-state index is 7.16. The van der Waals surface area contributed by atoms with Crippen LogP contribution in [-0.2, 0) is 5.75 Å². The second-order valence-electron chi connectivity index (χ2n) is 5.45. The first kappa shape index (κ1) is 17.1. The molecule has 1 fully saturated rings. The van der Waals surface area contributed by atoms with E-state index < -0.39 is 0 Å². The zero-order chi connectivity index (χ0) is 15.9. The monoisotopic (exact) mass is 339 g/mol. The fourth-order valence-electron chi connectivity index (χ4n) is 2.41. The molecule has 0 radical (unpaired) electrons. The number of nitrogens with one attached hydrogen (secondary N) is 1. The van der Waals surface area contributed by atoms with E-state index >= 15 is 0 Å². The van der Waals surface area contributed by atoms with Crippen molar-refractivity contribution in [2.75, 3.05) is 30.3 Å². The predicted octanol–water partition coefficient (Wildman–Crippen LogP) is 2.57. The van der Waals surface area contributed by atoms with Crippen LogP contribution in [0.5, 0.6) is 0 Å². The summed E-state index contributed by atoms with van der Waals surface area (Å²) >= 11 is 3.76. The van der Waals surface area contributed by atoms with Gasteiger partial charge in [-0.15, -0.1) is 11.3 Å². The van der Waals surface area contributed by atoms with E-state index in [4.69, 9.17) is 16.9 Å². The van der Waals surface area contributed by atoms with Gasteiger partial charge in [-0.1, -0.05) is 0 Å². The van der Waals surface area contributed by atoms with Gasteiger partial charge < -0.3 is 16.4 Å². The summed E-state index contributed by atoms with van der Waals surface area (Å²) in [6.07, 6.45) is 4.00. The van der Waals surface area contributed by atoms with Crippen LogP contribution in [0.4, 0.5) is 5.00 Å². The maximum atomic E-state index is 7.16. The van der Waals surface area contributed by atoms with Crippen LogP contribution >= 0.6 is 23.1 Å². The van der Waals surface area contributed by atoms with E-state index in [1.165, 1.54) is 47.8 Å². The van der Waals surface area contributed by atoms with Crippen molar-refractivity contribution in [2.24, 2.45) is 16.5 Å². The van der Waals surface area contributed by atoms with Crippen LogP contribution in [0.15, 0.2) is 11.1 Å². The zero-order valence-corrected chi connectivity index (χ0v) is 14.7. The van der Waals surface area contributed by atoms with Gasteiger partial charge in [0.2, 0.25) is 0 Å².